The van der Waals surface area contributed by atoms with Gasteiger partial charge in [-0.1, -0.05) is 0 Å². The summed E-state index contributed by atoms with van der Waals surface area (Å²) in [6, 6.07) is -0.0926. The maximum absolute atomic E-state index is 11.3. The van der Waals surface area contributed by atoms with Crippen molar-refractivity contribution in [1.82, 2.24) is 4.57 Å². The SMILES string of the molecule is CCn1cc[n+](C)c1OC(=O)C(C)N. The van der Waals surface area contributed by atoms with Crippen LogP contribution in [0.2, 0.25) is 0 Å². The molecule has 5 heteroatoms. The van der Waals surface area contributed by atoms with E-state index in [4.69, 9.17) is 10.5 Å². The lowest BCUT2D eigenvalue weighted by Crippen LogP contribution is -2.37. The third-order valence-electron chi connectivity index (χ3n) is 1.92. The van der Waals surface area contributed by atoms with Crippen LogP contribution in [0.3, 0.4) is 0 Å². The Balaban J connectivity index is 2.84. The Bertz CT molecular complexity index is 331. The van der Waals surface area contributed by atoms with Crippen LogP contribution in [-0.4, -0.2) is 16.6 Å². The van der Waals surface area contributed by atoms with E-state index in [9.17, 15) is 4.79 Å². The third-order valence-corrected chi connectivity index (χ3v) is 1.92. The number of carbonyl (C=O) groups excluding carboxylic acids is 1. The standard InChI is InChI=1S/C9H16N3O2/c1-4-12-6-5-11(3)9(12)14-8(13)7(2)10/h5-7H,4,10H2,1-3H3/q+1. The second-order valence-electron chi connectivity index (χ2n) is 3.19. The summed E-state index contributed by atoms with van der Waals surface area (Å²) < 4.78 is 8.70. The van der Waals surface area contributed by atoms with E-state index in [1.807, 2.05) is 30.9 Å². The van der Waals surface area contributed by atoms with Crippen molar-refractivity contribution in [2.45, 2.75) is 26.4 Å². The van der Waals surface area contributed by atoms with Crippen LogP contribution in [0.1, 0.15) is 13.8 Å². The number of nitrogens with two attached hydrogens (primary N) is 1. The Morgan fingerprint density at radius 1 is 1.79 bits per heavy atom. The molecule has 0 saturated carbocycles. The number of imidazole rings is 1. The Labute approximate surface area is 83.1 Å². The van der Waals surface area contributed by atoms with Gasteiger partial charge in [0.1, 0.15) is 18.4 Å². The molecule has 0 aliphatic rings. The lowest BCUT2D eigenvalue weighted by molar-refractivity contribution is -0.675. The van der Waals surface area contributed by atoms with E-state index >= 15 is 0 Å². The summed E-state index contributed by atoms with van der Waals surface area (Å²) in [5, 5.41) is 0. The smallest absolute Gasteiger partial charge is 0.356 e. The van der Waals surface area contributed by atoms with Gasteiger partial charge in [0.05, 0.1) is 13.6 Å². The average Bonchev–Trinajstić information content (AvgIpc) is 2.47. The molecule has 1 rings (SSSR count). The van der Waals surface area contributed by atoms with E-state index in [1.165, 1.54) is 0 Å². The molecule has 1 aromatic rings. The monoisotopic (exact) mass is 198 g/mol. The van der Waals surface area contributed by atoms with E-state index in [1.54, 1.807) is 11.5 Å². The first-order valence-electron chi connectivity index (χ1n) is 4.58. The Kier molecular flexibility index (Phi) is 3.24. The van der Waals surface area contributed by atoms with Gasteiger partial charge in [0.2, 0.25) is 0 Å². The van der Waals surface area contributed by atoms with Crippen molar-refractivity contribution in [3.05, 3.63) is 12.4 Å². The molecule has 0 fully saturated rings. The van der Waals surface area contributed by atoms with Gasteiger partial charge in [-0.05, 0) is 13.8 Å². The van der Waals surface area contributed by atoms with Gasteiger partial charge in [-0.15, -0.1) is 0 Å². The molecule has 78 valence electrons. The van der Waals surface area contributed by atoms with Gasteiger partial charge in [0.25, 0.3) is 0 Å². The fourth-order valence-electron chi connectivity index (χ4n) is 1.06. The van der Waals surface area contributed by atoms with Gasteiger partial charge in [0, 0.05) is 0 Å². The molecule has 0 aliphatic heterocycles. The van der Waals surface area contributed by atoms with Crippen LogP contribution in [0, 0.1) is 0 Å². The van der Waals surface area contributed by atoms with Crippen LogP contribution in [0.5, 0.6) is 6.01 Å². The van der Waals surface area contributed by atoms with Crippen molar-refractivity contribution >= 4 is 5.97 Å². The normalized spacial score (nSPS) is 12.6. The molecule has 1 aromatic heterocycles. The minimum atomic E-state index is -0.602. The molecule has 1 atom stereocenters. The molecular formula is C9H16N3O2+. The van der Waals surface area contributed by atoms with Crippen LogP contribution in [-0.2, 0) is 18.4 Å². The van der Waals surface area contributed by atoms with Gasteiger partial charge < -0.3 is 10.5 Å². The number of hydrogen-bond acceptors (Lipinski definition) is 3. The number of carbonyl (C=O) groups is 1. The van der Waals surface area contributed by atoms with E-state index in [0.717, 1.165) is 6.54 Å². The first kappa shape index (κ1) is 10.7. The predicted molar refractivity (Wildman–Crippen MR) is 50.6 cm³/mol. The van der Waals surface area contributed by atoms with E-state index < -0.39 is 12.0 Å². The molecule has 2 N–H and O–H groups in total. The highest BCUT2D eigenvalue weighted by Crippen LogP contribution is 2.04. The summed E-state index contributed by atoms with van der Waals surface area (Å²) in [5.41, 5.74) is 5.40. The zero-order chi connectivity index (χ0) is 10.7. The molecule has 1 heterocycles. The zero-order valence-corrected chi connectivity index (χ0v) is 8.73. The summed E-state index contributed by atoms with van der Waals surface area (Å²) in [6.45, 7) is 4.33. The minimum Gasteiger partial charge on any atom is -0.356 e. The molecule has 5 nitrogen and oxygen atoms in total. The van der Waals surface area contributed by atoms with Crippen molar-refractivity contribution in [2.24, 2.45) is 12.8 Å². The summed E-state index contributed by atoms with van der Waals surface area (Å²) in [7, 11) is 1.82. The van der Waals surface area contributed by atoms with Crippen molar-refractivity contribution in [1.29, 1.82) is 0 Å². The van der Waals surface area contributed by atoms with Gasteiger partial charge >= 0.3 is 12.0 Å². The minimum absolute atomic E-state index is 0.422. The summed E-state index contributed by atoms with van der Waals surface area (Å²) in [4.78, 5) is 11.3. The molecule has 14 heavy (non-hydrogen) atoms. The van der Waals surface area contributed by atoms with Gasteiger partial charge in [-0.2, -0.15) is 9.13 Å². The second-order valence-corrected chi connectivity index (χ2v) is 3.19. The zero-order valence-electron chi connectivity index (χ0n) is 8.73. The van der Waals surface area contributed by atoms with Crippen LogP contribution >= 0.6 is 0 Å². The first-order chi connectivity index (χ1) is 6.56. The Morgan fingerprint density at radius 2 is 2.43 bits per heavy atom. The van der Waals surface area contributed by atoms with Crippen LogP contribution < -0.4 is 15.0 Å². The number of ether oxygens (including phenoxy) is 1. The summed E-state index contributed by atoms with van der Waals surface area (Å²) in [5.74, 6) is -0.422. The van der Waals surface area contributed by atoms with Crippen molar-refractivity contribution in [3.63, 3.8) is 0 Å². The van der Waals surface area contributed by atoms with E-state index in [0.29, 0.717) is 6.01 Å². The fraction of sp³-hybridized carbons (Fsp3) is 0.556. The van der Waals surface area contributed by atoms with Crippen molar-refractivity contribution in [3.8, 4) is 6.01 Å². The highest BCUT2D eigenvalue weighted by molar-refractivity contribution is 5.76. The molecule has 0 aliphatic carbocycles. The third kappa shape index (κ3) is 2.11. The largest absolute Gasteiger partial charge is 0.463 e. The number of hydrogen-bond donors (Lipinski definition) is 1. The molecule has 0 amide bonds. The molecule has 1 unspecified atom stereocenters. The Hall–Kier alpha value is -1.36. The molecule has 0 saturated heterocycles. The summed E-state index contributed by atoms with van der Waals surface area (Å²) in [6.07, 6.45) is 3.68. The van der Waals surface area contributed by atoms with Crippen molar-refractivity contribution in [2.75, 3.05) is 0 Å². The van der Waals surface area contributed by atoms with Crippen LogP contribution in [0.15, 0.2) is 12.4 Å². The average molecular weight is 198 g/mol. The molecular weight excluding hydrogens is 182 g/mol. The Morgan fingerprint density at radius 3 is 2.93 bits per heavy atom. The fourth-order valence-corrected chi connectivity index (χ4v) is 1.06. The van der Waals surface area contributed by atoms with Gasteiger partial charge in [-0.3, -0.25) is 0 Å². The van der Waals surface area contributed by atoms with Gasteiger partial charge in [-0.25, -0.2) is 4.79 Å². The number of esters is 1. The second kappa shape index (κ2) is 4.23. The number of aromatic nitrogens is 2. The quantitative estimate of drug-likeness (QED) is 0.530. The van der Waals surface area contributed by atoms with Crippen LogP contribution in [0.25, 0.3) is 0 Å². The highest BCUT2D eigenvalue weighted by Gasteiger charge is 2.20. The van der Waals surface area contributed by atoms with Crippen LogP contribution in [0.4, 0.5) is 0 Å². The number of rotatable bonds is 3. The van der Waals surface area contributed by atoms with E-state index in [2.05, 4.69) is 0 Å². The van der Waals surface area contributed by atoms with Gasteiger partial charge in [0.15, 0.2) is 0 Å². The lowest BCUT2D eigenvalue weighted by atomic mass is 10.4. The number of aryl methyl sites for hydroxylation is 2. The first-order valence-corrected chi connectivity index (χ1v) is 4.58. The maximum Gasteiger partial charge on any atom is 0.463 e. The summed E-state index contributed by atoms with van der Waals surface area (Å²) >= 11 is 0. The lowest BCUT2D eigenvalue weighted by Gasteiger charge is -2.03. The molecule has 0 radical (unpaired) electrons. The molecule has 0 bridgehead atoms. The molecule has 0 spiro atoms. The maximum atomic E-state index is 11.3. The number of nitrogens with zero attached hydrogens (tertiary/aromatic N) is 2. The van der Waals surface area contributed by atoms with E-state index in [-0.39, 0.29) is 0 Å². The predicted octanol–water partition coefficient (Wildman–Crippen LogP) is -0.415. The van der Waals surface area contributed by atoms with Crippen molar-refractivity contribution < 1.29 is 14.1 Å². The highest BCUT2D eigenvalue weighted by atomic mass is 16.6. The molecule has 0 aromatic carbocycles. The topological polar surface area (TPSA) is 61.1 Å².